The summed E-state index contributed by atoms with van der Waals surface area (Å²) in [7, 11) is 2.20. The molecule has 12 heteroatoms. The molecule has 0 atom stereocenters. The first-order valence-corrected chi connectivity index (χ1v) is 6.93. The van der Waals surface area contributed by atoms with Gasteiger partial charge in [0.05, 0.1) is 36.5 Å². The molecule has 0 saturated heterocycles. The standard InChI is InChI=1S/C14H12N4O8/c1-25-13(19)11-12(14(20)26-2)16(7-15-11)6-8-3-9(17(21)22)5-10(4-8)18(23)24/h3-5,7H,6H2,1-2H3. The number of nitrogens with zero attached hydrogens (tertiary/aromatic N) is 4. The Kier molecular flexibility index (Phi) is 5.25. The number of hydrogen-bond acceptors (Lipinski definition) is 9. The quantitative estimate of drug-likeness (QED) is 0.419. The molecule has 1 heterocycles. The largest absolute Gasteiger partial charge is 0.464 e. The van der Waals surface area contributed by atoms with Gasteiger partial charge in [0.15, 0.2) is 11.4 Å². The molecular formula is C14H12N4O8. The molecule has 1 aromatic heterocycles. The molecule has 26 heavy (non-hydrogen) atoms. The second-order valence-electron chi connectivity index (χ2n) is 4.92. The van der Waals surface area contributed by atoms with Gasteiger partial charge in [0, 0.05) is 18.7 Å². The minimum atomic E-state index is -0.886. The smallest absolute Gasteiger partial charge is 0.359 e. The highest BCUT2D eigenvalue weighted by Crippen LogP contribution is 2.24. The molecular weight excluding hydrogens is 352 g/mol. The van der Waals surface area contributed by atoms with Crippen molar-refractivity contribution in [3.05, 3.63) is 61.7 Å². The molecule has 0 unspecified atom stereocenters. The van der Waals surface area contributed by atoms with Crippen molar-refractivity contribution < 1.29 is 28.9 Å². The monoisotopic (exact) mass is 364 g/mol. The first-order valence-electron chi connectivity index (χ1n) is 6.93. The topological polar surface area (TPSA) is 157 Å². The van der Waals surface area contributed by atoms with Crippen LogP contribution in [0.4, 0.5) is 11.4 Å². The van der Waals surface area contributed by atoms with Crippen molar-refractivity contribution in [1.82, 2.24) is 9.55 Å². The van der Waals surface area contributed by atoms with E-state index < -0.39 is 33.2 Å². The predicted molar refractivity (Wildman–Crippen MR) is 83.8 cm³/mol. The highest BCUT2D eigenvalue weighted by atomic mass is 16.6. The maximum absolute atomic E-state index is 12.0. The minimum absolute atomic E-state index is 0.157. The summed E-state index contributed by atoms with van der Waals surface area (Å²) < 4.78 is 10.3. The zero-order valence-electron chi connectivity index (χ0n) is 13.6. The number of carbonyl (C=O) groups is 2. The molecule has 2 rings (SSSR count). The highest BCUT2D eigenvalue weighted by molar-refractivity contribution is 6.00. The van der Waals surface area contributed by atoms with E-state index in [-0.39, 0.29) is 23.5 Å². The fourth-order valence-corrected chi connectivity index (χ4v) is 2.21. The molecule has 0 radical (unpaired) electrons. The fraction of sp³-hybridized carbons (Fsp3) is 0.214. The maximum Gasteiger partial charge on any atom is 0.359 e. The minimum Gasteiger partial charge on any atom is -0.464 e. The van der Waals surface area contributed by atoms with Gasteiger partial charge in [-0.05, 0) is 5.56 Å². The lowest BCUT2D eigenvalue weighted by Crippen LogP contribution is -2.16. The molecule has 2 aromatic rings. The zero-order chi connectivity index (χ0) is 19.4. The predicted octanol–water partition coefficient (Wildman–Crippen LogP) is 1.32. The first kappa shape index (κ1) is 18.5. The van der Waals surface area contributed by atoms with Crippen molar-refractivity contribution in [3.63, 3.8) is 0 Å². The summed E-state index contributed by atoms with van der Waals surface area (Å²) in [5, 5.41) is 21.9. The SMILES string of the molecule is COC(=O)c1ncn(Cc2cc([N+](=O)[O-])cc([N+](=O)[O-])c2)c1C(=O)OC. The van der Waals surface area contributed by atoms with Gasteiger partial charge in [0.1, 0.15) is 0 Å². The van der Waals surface area contributed by atoms with Crippen LogP contribution >= 0.6 is 0 Å². The maximum atomic E-state index is 12.0. The lowest BCUT2D eigenvalue weighted by Gasteiger charge is -2.08. The molecule has 0 N–H and O–H groups in total. The molecule has 1 aromatic carbocycles. The second kappa shape index (κ2) is 7.38. The number of non-ortho nitro benzene ring substituents is 2. The summed E-state index contributed by atoms with van der Waals surface area (Å²) in [5.74, 6) is -1.77. The van der Waals surface area contributed by atoms with E-state index in [9.17, 15) is 29.8 Å². The van der Waals surface area contributed by atoms with Gasteiger partial charge in [-0.2, -0.15) is 0 Å². The summed E-state index contributed by atoms with van der Waals surface area (Å²) in [4.78, 5) is 47.9. The molecule has 12 nitrogen and oxygen atoms in total. The van der Waals surface area contributed by atoms with Gasteiger partial charge in [0.2, 0.25) is 0 Å². The van der Waals surface area contributed by atoms with Crippen LogP contribution in [0, 0.1) is 20.2 Å². The number of aromatic nitrogens is 2. The Morgan fingerprint density at radius 3 is 2.04 bits per heavy atom. The number of benzene rings is 1. The van der Waals surface area contributed by atoms with E-state index in [1.807, 2.05) is 0 Å². The second-order valence-corrected chi connectivity index (χ2v) is 4.92. The van der Waals surface area contributed by atoms with Gasteiger partial charge in [-0.15, -0.1) is 0 Å². The van der Waals surface area contributed by atoms with Crippen LogP contribution in [-0.2, 0) is 16.0 Å². The third-order valence-electron chi connectivity index (χ3n) is 3.33. The number of esters is 2. The number of hydrogen-bond donors (Lipinski definition) is 0. The van der Waals surface area contributed by atoms with Crippen LogP contribution in [0.2, 0.25) is 0 Å². The molecule has 0 spiro atoms. The van der Waals surface area contributed by atoms with E-state index in [2.05, 4.69) is 14.5 Å². The van der Waals surface area contributed by atoms with Crippen LogP contribution in [0.15, 0.2) is 24.5 Å². The normalized spacial score (nSPS) is 10.2. The van der Waals surface area contributed by atoms with Gasteiger partial charge in [-0.25, -0.2) is 14.6 Å². The van der Waals surface area contributed by atoms with E-state index in [0.29, 0.717) is 0 Å². The molecule has 0 saturated carbocycles. The van der Waals surface area contributed by atoms with Crippen molar-refractivity contribution in [2.45, 2.75) is 6.54 Å². The van der Waals surface area contributed by atoms with Gasteiger partial charge in [-0.1, -0.05) is 0 Å². The van der Waals surface area contributed by atoms with Crippen LogP contribution < -0.4 is 0 Å². The molecule has 0 fully saturated rings. The van der Waals surface area contributed by atoms with Gasteiger partial charge >= 0.3 is 11.9 Å². The summed E-state index contributed by atoms with van der Waals surface area (Å²) in [6.07, 6.45) is 1.13. The average molecular weight is 364 g/mol. The lowest BCUT2D eigenvalue weighted by atomic mass is 10.1. The van der Waals surface area contributed by atoms with E-state index in [1.54, 1.807) is 0 Å². The molecule has 0 bridgehead atoms. The van der Waals surface area contributed by atoms with Crippen LogP contribution in [0.5, 0.6) is 0 Å². The van der Waals surface area contributed by atoms with E-state index in [0.717, 1.165) is 38.7 Å². The Hall–Kier alpha value is -3.83. The zero-order valence-corrected chi connectivity index (χ0v) is 13.6. The lowest BCUT2D eigenvalue weighted by molar-refractivity contribution is -0.394. The Morgan fingerprint density at radius 1 is 1.04 bits per heavy atom. The molecule has 0 aliphatic rings. The summed E-state index contributed by atoms with van der Waals surface area (Å²) in [6, 6.07) is 3.05. The molecule has 0 aliphatic carbocycles. The number of imidazole rings is 1. The number of ether oxygens (including phenoxy) is 2. The van der Waals surface area contributed by atoms with Crippen molar-refractivity contribution in [2.24, 2.45) is 0 Å². The Labute approximate surface area is 145 Å². The van der Waals surface area contributed by atoms with Gasteiger partial charge in [0.25, 0.3) is 11.4 Å². The highest BCUT2D eigenvalue weighted by Gasteiger charge is 2.26. The van der Waals surface area contributed by atoms with Crippen LogP contribution in [0.1, 0.15) is 26.5 Å². The number of nitro benzene ring substituents is 2. The fourth-order valence-electron chi connectivity index (χ4n) is 2.21. The van der Waals surface area contributed by atoms with Crippen molar-refractivity contribution in [2.75, 3.05) is 14.2 Å². The molecule has 0 amide bonds. The average Bonchev–Trinajstić information content (AvgIpc) is 3.03. The van der Waals surface area contributed by atoms with E-state index in [1.165, 1.54) is 4.57 Å². The van der Waals surface area contributed by atoms with Gasteiger partial charge in [-0.3, -0.25) is 20.2 Å². The van der Waals surface area contributed by atoms with Crippen LogP contribution in [0.25, 0.3) is 0 Å². The summed E-state index contributed by atoms with van der Waals surface area (Å²) >= 11 is 0. The number of methoxy groups -OCH3 is 2. The van der Waals surface area contributed by atoms with Crippen molar-refractivity contribution in [3.8, 4) is 0 Å². The third-order valence-corrected chi connectivity index (χ3v) is 3.33. The number of carbonyl (C=O) groups excluding carboxylic acids is 2. The number of nitro groups is 2. The number of rotatable bonds is 6. The molecule has 0 aliphatic heterocycles. The summed E-state index contributed by atoms with van der Waals surface area (Å²) in [5.41, 5.74) is -1.36. The molecule has 136 valence electrons. The van der Waals surface area contributed by atoms with Crippen molar-refractivity contribution >= 4 is 23.3 Å². The Bertz CT molecular complexity index is 872. The van der Waals surface area contributed by atoms with Gasteiger partial charge < -0.3 is 14.0 Å². The van der Waals surface area contributed by atoms with E-state index in [4.69, 9.17) is 0 Å². The summed E-state index contributed by atoms with van der Waals surface area (Å²) in [6.45, 7) is -0.197. The van der Waals surface area contributed by atoms with E-state index >= 15 is 0 Å². The van der Waals surface area contributed by atoms with Crippen LogP contribution in [-0.4, -0.2) is 45.6 Å². The van der Waals surface area contributed by atoms with Crippen LogP contribution in [0.3, 0.4) is 0 Å². The Balaban J connectivity index is 2.53. The van der Waals surface area contributed by atoms with Crippen molar-refractivity contribution in [1.29, 1.82) is 0 Å². The Morgan fingerprint density at radius 2 is 1.58 bits per heavy atom. The third kappa shape index (κ3) is 3.63. The first-order chi connectivity index (χ1) is 12.3.